The van der Waals surface area contributed by atoms with E-state index < -0.39 is 0 Å². The highest BCUT2D eigenvalue weighted by atomic mass is 19.1. The molecule has 0 aliphatic carbocycles. The summed E-state index contributed by atoms with van der Waals surface area (Å²) in [6, 6.07) is 16.6. The lowest BCUT2D eigenvalue weighted by Crippen LogP contribution is -2.48. The molecule has 0 saturated carbocycles. The zero-order chi connectivity index (χ0) is 18.9. The molecule has 0 spiro atoms. The minimum absolute atomic E-state index is 0.151. The van der Waals surface area contributed by atoms with E-state index in [-0.39, 0.29) is 11.7 Å². The largest absolute Gasteiger partial charge is 0.384 e. The Bertz CT molecular complexity index is 755. The third-order valence-corrected chi connectivity index (χ3v) is 4.69. The van der Waals surface area contributed by atoms with Crippen molar-refractivity contribution in [3.63, 3.8) is 0 Å². The monoisotopic (exact) mass is 367 g/mol. The van der Waals surface area contributed by atoms with Crippen LogP contribution in [0.4, 0.5) is 10.1 Å². The first-order chi connectivity index (χ1) is 13.2. The lowest BCUT2D eigenvalue weighted by Gasteiger charge is -2.34. The van der Waals surface area contributed by atoms with Crippen LogP contribution in [0.3, 0.4) is 0 Å². The summed E-state index contributed by atoms with van der Waals surface area (Å²) >= 11 is 0. The number of amides is 1. The molecule has 4 nitrogen and oxygen atoms in total. The van der Waals surface area contributed by atoms with Gasteiger partial charge in [-0.15, -0.1) is 0 Å². The fourth-order valence-electron chi connectivity index (χ4n) is 3.15. The van der Waals surface area contributed by atoms with Crippen molar-refractivity contribution >= 4 is 17.7 Å². The van der Waals surface area contributed by atoms with Crippen molar-refractivity contribution in [2.45, 2.75) is 6.42 Å². The SMILES string of the molecule is O=C(CCNc1cccc(F)c1)N1CCN(C/C=C/c2ccccc2)CC1. The number of carbonyl (C=O) groups excluding carboxylic acids is 1. The average Bonchev–Trinajstić information content (AvgIpc) is 2.69. The lowest BCUT2D eigenvalue weighted by atomic mass is 10.2. The topological polar surface area (TPSA) is 35.6 Å². The van der Waals surface area contributed by atoms with Crippen molar-refractivity contribution < 1.29 is 9.18 Å². The van der Waals surface area contributed by atoms with Crippen LogP contribution in [-0.2, 0) is 4.79 Å². The second kappa shape index (κ2) is 9.88. The van der Waals surface area contributed by atoms with Crippen LogP contribution in [0.25, 0.3) is 6.08 Å². The molecule has 27 heavy (non-hydrogen) atoms. The molecule has 2 aromatic carbocycles. The summed E-state index contributed by atoms with van der Waals surface area (Å²) in [6.07, 6.45) is 4.73. The van der Waals surface area contributed by atoms with Crippen LogP contribution in [0.5, 0.6) is 0 Å². The summed E-state index contributed by atoms with van der Waals surface area (Å²) in [5, 5.41) is 3.10. The quantitative estimate of drug-likeness (QED) is 0.814. The minimum Gasteiger partial charge on any atom is -0.384 e. The highest BCUT2D eigenvalue weighted by Gasteiger charge is 2.19. The van der Waals surface area contributed by atoms with E-state index in [0.717, 1.165) is 32.7 Å². The molecular weight excluding hydrogens is 341 g/mol. The zero-order valence-electron chi connectivity index (χ0n) is 15.5. The number of hydrogen-bond donors (Lipinski definition) is 1. The van der Waals surface area contributed by atoms with Crippen LogP contribution in [0.15, 0.2) is 60.7 Å². The maximum atomic E-state index is 13.1. The maximum Gasteiger partial charge on any atom is 0.224 e. The van der Waals surface area contributed by atoms with E-state index in [1.165, 1.54) is 17.7 Å². The summed E-state index contributed by atoms with van der Waals surface area (Å²) < 4.78 is 13.1. The lowest BCUT2D eigenvalue weighted by molar-refractivity contribution is -0.132. The number of hydrogen-bond acceptors (Lipinski definition) is 3. The molecule has 0 radical (unpaired) electrons. The summed E-state index contributed by atoms with van der Waals surface area (Å²) in [7, 11) is 0. The van der Waals surface area contributed by atoms with Gasteiger partial charge < -0.3 is 10.2 Å². The van der Waals surface area contributed by atoms with Crippen molar-refractivity contribution in [3.05, 3.63) is 72.1 Å². The third kappa shape index (κ3) is 6.22. The van der Waals surface area contributed by atoms with Gasteiger partial charge in [0.2, 0.25) is 5.91 Å². The molecule has 5 heteroatoms. The Morgan fingerprint density at radius 1 is 1.04 bits per heavy atom. The molecule has 1 aliphatic rings. The normalized spacial score (nSPS) is 15.2. The highest BCUT2D eigenvalue weighted by Crippen LogP contribution is 2.10. The van der Waals surface area contributed by atoms with E-state index in [1.54, 1.807) is 12.1 Å². The molecule has 0 bridgehead atoms. The van der Waals surface area contributed by atoms with Gasteiger partial charge in [-0.3, -0.25) is 9.69 Å². The number of halogens is 1. The van der Waals surface area contributed by atoms with Crippen LogP contribution < -0.4 is 5.32 Å². The number of nitrogens with one attached hydrogen (secondary N) is 1. The van der Waals surface area contributed by atoms with E-state index in [1.807, 2.05) is 23.1 Å². The van der Waals surface area contributed by atoms with Crippen LogP contribution in [-0.4, -0.2) is 55.0 Å². The van der Waals surface area contributed by atoms with Gasteiger partial charge in [-0.05, 0) is 23.8 Å². The number of piperazine rings is 1. The Morgan fingerprint density at radius 3 is 2.56 bits per heavy atom. The predicted molar refractivity (Wildman–Crippen MR) is 108 cm³/mol. The van der Waals surface area contributed by atoms with Crippen molar-refractivity contribution in [3.8, 4) is 0 Å². The second-order valence-corrected chi connectivity index (χ2v) is 6.68. The predicted octanol–water partition coefficient (Wildman–Crippen LogP) is 3.49. The molecule has 1 saturated heterocycles. The standard InChI is InChI=1S/C22H26FN3O/c23-20-9-4-10-21(18-20)24-12-11-22(27)26-16-14-25(15-17-26)13-5-8-19-6-2-1-3-7-19/h1-10,18,24H,11-17H2/b8-5+. The minimum atomic E-state index is -0.274. The summed E-state index contributed by atoms with van der Waals surface area (Å²) in [5.74, 6) is -0.123. The summed E-state index contributed by atoms with van der Waals surface area (Å²) in [5.41, 5.74) is 1.91. The molecule has 1 fully saturated rings. The van der Waals surface area contributed by atoms with Gasteiger partial charge in [0.15, 0.2) is 0 Å². The van der Waals surface area contributed by atoms with Crippen molar-refractivity contribution in [1.82, 2.24) is 9.80 Å². The Hall–Kier alpha value is -2.66. The number of benzene rings is 2. The van der Waals surface area contributed by atoms with Gasteiger partial charge >= 0.3 is 0 Å². The van der Waals surface area contributed by atoms with Crippen LogP contribution in [0.1, 0.15) is 12.0 Å². The van der Waals surface area contributed by atoms with Gasteiger partial charge in [-0.25, -0.2) is 4.39 Å². The van der Waals surface area contributed by atoms with E-state index in [0.29, 0.717) is 18.7 Å². The molecule has 3 rings (SSSR count). The van der Waals surface area contributed by atoms with E-state index in [9.17, 15) is 9.18 Å². The number of carbonyl (C=O) groups is 1. The molecule has 0 unspecified atom stereocenters. The zero-order valence-corrected chi connectivity index (χ0v) is 15.5. The van der Waals surface area contributed by atoms with Crippen LogP contribution >= 0.6 is 0 Å². The molecule has 1 N–H and O–H groups in total. The molecule has 1 aliphatic heterocycles. The molecule has 0 aromatic heterocycles. The van der Waals surface area contributed by atoms with E-state index in [4.69, 9.17) is 0 Å². The molecule has 142 valence electrons. The Labute approximate surface area is 160 Å². The maximum absolute atomic E-state index is 13.1. The third-order valence-electron chi connectivity index (χ3n) is 4.69. The molecule has 1 amide bonds. The molecule has 2 aromatic rings. The van der Waals surface area contributed by atoms with Gasteiger partial charge in [-0.1, -0.05) is 48.6 Å². The first-order valence-corrected chi connectivity index (χ1v) is 9.42. The highest BCUT2D eigenvalue weighted by molar-refractivity contribution is 5.76. The fraction of sp³-hybridized carbons (Fsp3) is 0.318. The Kier molecular flexibility index (Phi) is 6.99. The van der Waals surface area contributed by atoms with Gasteiger partial charge in [0, 0.05) is 51.4 Å². The first-order valence-electron chi connectivity index (χ1n) is 9.42. The van der Waals surface area contributed by atoms with Gasteiger partial charge in [0.1, 0.15) is 5.82 Å². The molecular formula is C22H26FN3O. The summed E-state index contributed by atoms with van der Waals surface area (Å²) in [4.78, 5) is 16.6. The first kappa shape index (κ1) is 19.1. The molecule has 1 heterocycles. The van der Waals surface area contributed by atoms with Crippen molar-refractivity contribution in [2.75, 3.05) is 44.6 Å². The van der Waals surface area contributed by atoms with E-state index in [2.05, 4.69) is 34.5 Å². The summed E-state index contributed by atoms with van der Waals surface area (Å²) in [6.45, 7) is 4.72. The van der Waals surface area contributed by atoms with Gasteiger partial charge in [-0.2, -0.15) is 0 Å². The van der Waals surface area contributed by atoms with Gasteiger partial charge in [0.05, 0.1) is 0 Å². The number of rotatable bonds is 7. The molecule has 0 atom stereocenters. The average molecular weight is 367 g/mol. The van der Waals surface area contributed by atoms with Crippen LogP contribution in [0.2, 0.25) is 0 Å². The Morgan fingerprint density at radius 2 is 1.81 bits per heavy atom. The van der Waals surface area contributed by atoms with Crippen LogP contribution in [0, 0.1) is 5.82 Å². The second-order valence-electron chi connectivity index (χ2n) is 6.68. The smallest absolute Gasteiger partial charge is 0.224 e. The van der Waals surface area contributed by atoms with Crippen molar-refractivity contribution in [1.29, 1.82) is 0 Å². The Balaban J connectivity index is 1.34. The van der Waals surface area contributed by atoms with E-state index >= 15 is 0 Å². The number of anilines is 1. The number of nitrogens with zero attached hydrogens (tertiary/aromatic N) is 2. The van der Waals surface area contributed by atoms with Gasteiger partial charge in [0.25, 0.3) is 0 Å². The fourth-order valence-corrected chi connectivity index (χ4v) is 3.15. The van der Waals surface area contributed by atoms with Crippen molar-refractivity contribution in [2.24, 2.45) is 0 Å².